The number of carbonyl (C=O) groups excluding carboxylic acids is 1. The van der Waals surface area contributed by atoms with Crippen LogP contribution in [0.1, 0.15) is 34.8 Å². The summed E-state index contributed by atoms with van der Waals surface area (Å²) >= 11 is 0. The van der Waals surface area contributed by atoms with Gasteiger partial charge >= 0.3 is 0 Å². The van der Waals surface area contributed by atoms with Gasteiger partial charge in [-0.05, 0) is 47.2 Å². The molecule has 1 amide bonds. The molecule has 1 N–H and O–H groups in total. The molecule has 0 radical (unpaired) electrons. The largest absolute Gasteiger partial charge is 0.373 e. The van der Waals surface area contributed by atoms with Gasteiger partial charge < -0.3 is 15.0 Å². The normalized spacial score (nSPS) is 17.3. The maximum atomic E-state index is 12.9. The lowest BCUT2D eigenvalue weighted by Gasteiger charge is -2.26. The Balaban J connectivity index is 1.29. The van der Waals surface area contributed by atoms with E-state index in [2.05, 4.69) is 52.7 Å². The number of benzene rings is 3. The van der Waals surface area contributed by atoms with E-state index in [-0.39, 0.29) is 12.0 Å². The molecule has 0 aliphatic carbocycles. The highest BCUT2D eigenvalue weighted by Crippen LogP contribution is 2.32. The first-order valence-electron chi connectivity index (χ1n) is 10.7. The third-order valence-electron chi connectivity index (χ3n) is 6.10. The summed E-state index contributed by atoms with van der Waals surface area (Å²) in [5.74, 6) is -0.00836. The topological polar surface area (TPSA) is 41.6 Å². The van der Waals surface area contributed by atoms with E-state index in [4.69, 9.17) is 4.74 Å². The van der Waals surface area contributed by atoms with Gasteiger partial charge in [0.15, 0.2) is 0 Å². The summed E-state index contributed by atoms with van der Waals surface area (Å²) in [5.41, 5.74) is 7.14. The van der Waals surface area contributed by atoms with Crippen LogP contribution in [-0.4, -0.2) is 19.1 Å². The van der Waals surface area contributed by atoms with Crippen LogP contribution >= 0.6 is 0 Å². The molecule has 0 unspecified atom stereocenters. The van der Waals surface area contributed by atoms with Crippen molar-refractivity contribution in [2.75, 3.05) is 23.4 Å². The van der Waals surface area contributed by atoms with E-state index in [0.717, 1.165) is 42.7 Å². The van der Waals surface area contributed by atoms with Gasteiger partial charge in [-0.25, -0.2) is 0 Å². The van der Waals surface area contributed by atoms with Crippen LogP contribution in [0.4, 0.5) is 11.4 Å². The van der Waals surface area contributed by atoms with Crippen LogP contribution in [0.2, 0.25) is 0 Å². The number of nitrogens with zero attached hydrogens (tertiary/aromatic N) is 1. The van der Waals surface area contributed by atoms with Crippen molar-refractivity contribution in [3.8, 4) is 0 Å². The fraction of sp³-hybridized carbons (Fsp3) is 0.269. The predicted octanol–water partition coefficient (Wildman–Crippen LogP) is 4.89. The summed E-state index contributed by atoms with van der Waals surface area (Å²) in [6.45, 7) is 2.46. The zero-order chi connectivity index (χ0) is 20.3. The van der Waals surface area contributed by atoms with Gasteiger partial charge in [0.25, 0.3) is 0 Å². The molecule has 0 saturated carbocycles. The van der Waals surface area contributed by atoms with Crippen LogP contribution in [0.3, 0.4) is 0 Å². The minimum atomic E-state index is -0.174. The molecule has 0 spiro atoms. The van der Waals surface area contributed by atoms with Crippen LogP contribution in [0, 0.1) is 0 Å². The van der Waals surface area contributed by atoms with E-state index in [1.165, 1.54) is 16.8 Å². The fourth-order valence-corrected chi connectivity index (χ4v) is 4.57. The van der Waals surface area contributed by atoms with Crippen molar-refractivity contribution in [3.63, 3.8) is 0 Å². The molecule has 0 fully saturated rings. The van der Waals surface area contributed by atoms with Crippen molar-refractivity contribution in [1.82, 2.24) is 0 Å². The smallest absolute Gasteiger partial charge is 0.227 e. The maximum Gasteiger partial charge on any atom is 0.227 e. The molecule has 2 aliphatic rings. The molecule has 30 heavy (non-hydrogen) atoms. The van der Waals surface area contributed by atoms with Crippen molar-refractivity contribution in [2.24, 2.45) is 0 Å². The molecular formula is C26H26N2O2. The number of hydrogen-bond acceptors (Lipinski definition) is 3. The lowest BCUT2D eigenvalue weighted by Crippen LogP contribution is -2.24. The van der Waals surface area contributed by atoms with Crippen LogP contribution in [-0.2, 0) is 28.9 Å². The minimum absolute atomic E-state index is 0.00836. The average molecular weight is 399 g/mol. The Labute approximate surface area is 177 Å². The predicted molar refractivity (Wildman–Crippen MR) is 120 cm³/mol. The van der Waals surface area contributed by atoms with Crippen molar-refractivity contribution < 1.29 is 9.53 Å². The van der Waals surface area contributed by atoms with E-state index >= 15 is 0 Å². The summed E-state index contributed by atoms with van der Waals surface area (Å²) in [6.07, 6.45) is 2.14. The van der Waals surface area contributed by atoms with Crippen LogP contribution in [0.25, 0.3) is 0 Å². The minimum Gasteiger partial charge on any atom is -0.373 e. The second-order valence-corrected chi connectivity index (χ2v) is 8.02. The van der Waals surface area contributed by atoms with Crippen LogP contribution in [0.5, 0.6) is 0 Å². The third-order valence-corrected chi connectivity index (χ3v) is 6.10. The Hall–Kier alpha value is -3.11. The lowest BCUT2D eigenvalue weighted by atomic mass is 9.95. The first-order valence-corrected chi connectivity index (χ1v) is 10.7. The highest BCUT2D eigenvalue weighted by molar-refractivity contribution is 5.92. The number of ether oxygens (including phenoxy) is 1. The molecule has 4 nitrogen and oxygen atoms in total. The third kappa shape index (κ3) is 3.83. The zero-order valence-electron chi connectivity index (χ0n) is 17.0. The Morgan fingerprint density at radius 1 is 0.933 bits per heavy atom. The summed E-state index contributed by atoms with van der Waals surface area (Å²) in [7, 11) is 0. The summed E-state index contributed by atoms with van der Waals surface area (Å²) in [4.78, 5) is 15.3. The monoisotopic (exact) mass is 398 g/mol. The van der Waals surface area contributed by atoms with Crippen LogP contribution in [0.15, 0.2) is 72.8 Å². The molecule has 152 valence electrons. The molecule has 4 heteroatoms. The van der Waals surface area contributed by atoms with Gasteiger partial charge in [-0.1, -0.05) is 60.7 Å². The van der Waals surface area contributed by atoms with E-state index in [0.29, 0.717) is 13.0 Å². The highest BCUT2D eigenvalue weighted by Gasteiger charge is 2.24. The van der Waals surface area contributed by atoms with Gasteiger partial charge in [0.1, 0.15) is 0 Å². The molecule has 0 bridgehead atoms. The number of rotatable bonds is 5. The molecule has 5 rings (SSSR count). The fourth-order valence-electron chi connectivity index (χ4n) is 4.57. The number of fused-ring (bicyclic) bond motifs is 2. The van der Waals surface area contributed by atoms with Crippen molar-refractivity contribution in [1.29, 1.82) is 0 Å². The number of carbonyl (C=O) groups is 1. The number of hydrogen-bond donors (Lipinski definition) is 1. The molecule has 3 aromatic carbocycles. The first-order chi connectivity index (χ1) is 14.8. The molecule has 0 saturated heterocycles. The summed E-state index contributed by atoms with van der Waals surface area (Å²) < 4.78 is 5.92. The Morgan fingerprint density at radius 3 is 2.63 bits per heavy atom. The SMILES string of the molecule is O=C(C[C@H]1OCCc2ccccc21)Nc1ccccc1CN1CCc2ccccc21. The van der Waals surface area contributed by atoms with E-state index < -0.39 is 0 Å². The maximum absolute atomic E-state index is 12.9. The number of amides is 1. The molecule has 2 aliphatic heterocycles. The lowest BCUT2D eigenvalue weighted by molar-refractivity contribution is -0.119. The number of para-hydroxylation sites is 2. The van der Waals surface area contributed by atoms with E-state index in [9.17, 15) is 4.79 Å². The van der Waals surface area contributed by atoms with Gasteiger partial charge in [0.2, 0.25) is 5.91 Å². The zero-order valence-corrected chi connectivity index (χ0v) is 17.0. The Kier molecular flexibility index (Phi) is 5.24. The van der Waals surface area contributed by atoms with Gasteiger partial charge in [-0.3, -0.25) is 4.79 Å². The van der Waals surface area contributed by atoms with Gasteiger partial charge in [-0.15, -0.1) is 0 Å². The van der Waals surface area contributed by atoms with Gasteiger partial charge in [0.05, 0.1) is 19.1 Å². The Morgan fingerprint density at radius 2 is 1.70 bits per heavy atom. The molecule has 0 aromatic heterocycles. The van der Waals surface area contributed by atoms with Crippen molar-refractivity contribution in [3.05, 3.63) is 95.1 Å². The molecule has 1 atom stereocenters. The average Bonchev–Trinajstić information content (AvgIpc) is 3.18. The second kappa shape index (κ2) is 8.33. The van der Waals surface area contributed by atoms with Crippen molar-refractivity contribution in [2.45, 2.75) is 31.9 Å². The molecule has 3 aromatic rings. The van der Waals surface area contributed by atoms with Gasteiger partial charge in [0, 0.05) is 24.5 Å². The molecular weight excluding hydrogens is 372 g/mol. The van der Waals surface area contributed by atoms with Gasteiger partial charge in [-0.2, -0.15) is 0 Å². The highest BCUT2D eigenvalue weighted by atomic mass is 16.5. The molecule has 2 heterocycles. The number of nitrogens with one attached hydrogen (secondary N) is 1. The second-order valence-electron chi connectivity index (χ2n) is 8.02. The van der Waals surface area contributed by atoms with E-state index in [1.807, 2.05) is 30.3 Å². The summed E-state index contributed by atoms with van der Waals surface area (Å²) in [6, 6.07) is 24.9. The Bertz CT molecular complexity index is 1060. The van der Waals surface area contributed by atoms with E-state index in [1.54, 1.807) is 0 Å². The van der Waals surface area contributed by atoms with Crippen molar-refractivity contribution >= 4 is 17.3 Å². The standard InChI is InChI=1S/C26H26N2O2/c29-26(17-25-22-10-4-1-7-19(22)14-16-30-25)27-23-11-5-2-9-21(23)18-28-15-13-20-8-3-6-12-24(20)28/h1-12,25H,13-18H2,(H,27,29)/t25-/m1/s1. The summed E-state index contributed by atoms with van der Waals surface area (Å²) in [5, 5.41) is 3.14. The number of anilines is 2. The quantitative estimate of drug-likeness (QED) is 0.665. The van der Waals surface area contributed by atoms with Crippen LogP contribution < -0.4 is 10.2 Å². The first kappa shape index (κ1) is 18.9.